The highest BCUT2D eigenvalue weighted by Gasteiger charge is 2.39. The summed E-state index contributed by atoms with van der Waals surface area (Å²) in [5.74, 6) is -0.0360. The van der Waals surface area contributed by atoms with Crippen LogP contribution in [-0.4, -0.2) is 48.4 Å². The first-order valence-electron chi connectivity index (χ1n) is 6.91. The zero-order valence-corrected chi connectivity index (χ0v) is 11.2. The molecule has 0 bridgehead atoms. The summed E-state index contributed by atoms with van der Waals surface area (Å²) in [6.07, 6.45) is 2.37. The third-order valence-electron chi connectivity index (χ3n) is 4.45. The van der Waals surface area contributed by atoms with Crippen LogP contribution in [0.15, 0.2) is 24.3 Å². The molecule has 1 aromatic carbocycles. The predicted octanol–water partition coefficient (Wildman–Crippen LogP) is 1.99. The van der Waals surface area contributed by atoms with Gasteiger partial charge in [0.2, 0.25) is 0 Å². The van der Waals surface area contributed by atoms with Crippen LogP contribution in [0.5, 0.6) is 0 Å². The van der Waals surface area contributed by atoms with E-state index in [1.807, 2.05) is 4.90 Å². The van der Waals surface area contributed by atoms with Crippen LogP contribution < -0.4 is 0 Å². The Hall–Kier alpha value is -1.42. The van der Waals surface area contributed by atoms with Crippen molar-refractivity contribution in [2.24, 2.45) is 5.92 Å². The standard InChI is InChI=1S/C15H19FN2O/c1-17-8-4-5-11-9-18(10-14(11)17)15(19)12-6-2-3-7-13(12)16/h2-3,6-7,11,14H,4-5,8-10H2,1H3/t11-,14+/m1/s1. The van der Waals surface area contributed by atoms with Gasteiger partial charge in [-0.25, -0.2) is 4.39 Å². The van der Waals surface area contributed by atoms with Crippen molar-refractivity contribution in [1.29, 1.82) is 0 Å². The fourth-order valence-electron chi connectivity index (χ4n) is 3.38. The van der Waals surface area contributed by atoms with Crippen molar-refractivity contribution < 1.29 is 9.18 Å². The fourth-order valence-corrected chi connectivity index (χ4v) is 3.38. The van der Waals surface area contributed by atoms with Crippen LogP contribution in [0.1, 0.15) is 23.2 Å². The van der Waals surface area contributed by atoms with Gasteiger partial charge in [0.15, 0.2) is 0 Å². The van der Waals surface area contributed by atoms with E-state index in [0.717, 1.165) is 19.6 Å². The van der Waals surface area contributed by atoms with Gasteiger partial charge in [0.05, 0.1) is 5.56 Å². The maximum atomic E-state index is 13.7. The molecule has 0 aromatic heterocycles. The van der Waals surface area contributed by atoms with Gasteiger partial charge < -0.3 is 9.80 Å². The summed E-state index contributed by atoms with van der Waals surface area (Å²) in [5.41, 5.74) is 0.198. The number of nitrogens with zero attached hydrogens (tertiary/aromatic N) is 2. The minimum Gasteiger partial charge on any atom is -0.337 e. The Bertz CT molecular complexity index is 491. The van der Waals surface area contributed by atoms with E-state index in [9.17, 15) is 9.18 Å². The molecular formula is C15H19FN2O. The van der Waals surface area contributed by atoms with Crippen LogP contribution in [0, 0.1) is 11.7 Å². The smallest absolute Gasteiger partial charge is 0.256 e. The van der Waals surface area contributed by atoms with E-state index in [-0.39, 0.29) is 11.5 Å². The number of carbonyl (C=O) groups excluding carboxylic acids is 1. The highest BCUT2D eigenvalue weighted by atomic mass is 19.1. The zero-order chi connectivity index (χ0) is 13.4. The molecule has 0 spiro atoms. The van der Waals surface area contributed by atoms with Crippen molar-refractivity contribution in [2.45, 2.75) is 18.9 Å². The third-order valence-corrected chi connectivity index (χ3v) is 4.45. The Labute approximate surface area is 113 Å². The molecule has 2 aliphatic heterocycles. The molecule has 3 nitrogen and oxygen atoms in total. The van der Waals surface area contributed by atoms with Gasteiger partial charge in [-0.1, -0.05) is 12.1 Å². The molecule has 0 N–H and O–H groups in total. The molecular weight excluding hydrogens is 243 g/mol. The van der Waals surface area contributed by atoms with E-state index < -0.39 is 5.82 Å². The molecule has 0 unspecified atom stereocenters. The fraction of sp³-hybridized carbons (Fsp3) is 0.533. The topological polar surface area (TPSA) is 23.6 Å². The third kappa shape index (κ3) is 2.25. The summed E-state index contributed by atoms with van der Waals surface area (Å²) in [6, 6.07) is 6.70. The summed E-state index contributed by atoms with van der Waals surface area (Å²) in [7, 11) is 2.12. The molecule has 1 aromatic rings. The summed E-state index contributed by atoms with van der Waals surface area (Å²) in [4.78, 5) is 16.5. The maximum Gasteiger partial charge on any atom is 0.256 e. The molecule has 0 aliphatic carbocycles. The monoisotopic (exact) mass is 262 g/mol. The number of carbonyl (C=O) groups is 1. The largest absolute Gasteiger partial charge is 0.337 e. The van der Waals surface area contributed by atoms with Crippen molar-refractivity contribution in [3.63, 3.8) is 0 Å². The first kappa shape index (κ1) is 12.6. The Morgan fingerprint density at radius 2 is 2.11 bits per heavy atom. The number of hydrogen-bond donors (Lipinski definition) is 0. The number of amides is 1. The van der Waals surface area contributed by atoms with Crippen molar-refractivity contribution in [3.05, 3.63) is 35.6 Å². The predicted molar refractivity (Wildman–Crippen MR) is 71.4 cm³/mol. The van der Waals surface area contributed by atoms with Gasteiger partial charge in [-0.3, -0.25) is 4.79 Å². The van der Waals surface area contributed by atoms with Crippen LogP contribution in [0.4, 0.5) is 4.39 Å². The van der Waals surface area contributed by atoms with E-state index in [2.05, 4.69) is 11.9 Å². The van der Waals surface area contributed by atoms with Gasteiger partial charge in [0, 0.05) is 19.1 Å². The van der Waals surface area contributed by atoms with E-state index in [4.69, 9.17) is 0 Å². The van der Waals surface area contributed by atoms with Crippen LogP contribution >= 0.6 is 0 Å². The highest BCUT2D eigenvalue weighted by molar-refractivity contribution is 5.94. The first-order valence-corrected chi connectivity index (χ1v) is 6.91. The van der Waals surface area contributed by atoms with Crippen LogP contribution in [-0.2, 0) is 0 Å². The average Bonchev–Trinajstić information content (AvgIpc) is 2.84. The van der Waals surface area contributed by atoms with Gasteiger partial charge in [0.25, 0.3) is 5.91 Å². The lowest BCUT2D eigenvalue weighted by Gasteiger charge is -2.33. The number of piperidine rings is 1. The summed E-state index contributed by atoms with van der Waals surface area (Å²) in [5, 5.41) is 0. The van der Waals surface area contributed by atoms with Gasteiger partial charge >= 0.3 is 0 Å². The molecule has 0 radical (unpaired) electrons. The lowest BCUT2D eigenvalue weighted by atomic mass is 9.93. The second kappa shape index (κ2) is 4.93. The second-order valence-electron chi connectivity index (χ2n) is 5.64. The molecule has 3 rings (SSSR count). The van der Waals surface area contributed by atoms with Crippen molar-refractivity contribution in [3.8, 4) is 0 Å². The number of likely N-dealkylation sites (tertiary alicyclic amines) is 2. The molecule has 0 saturated carbocycles. The molecule has 2 fully saturated rings. The van der Waals surface area contributed by atoms with Crippen molar-refractivity contribution in [1.82, 2.24) is 9.80 Å². The maximum absolute atomic E-state index is 13.7. The lowest BCUT2D eigenvalue weighted by Crippen LogP contribution is -2.42. The number of rotatable bonds is 1. The number of benzene rings is 1. The Morgan fingerprint density at radius 3 is 2.84 bits per heavy atom. The Balaban J connectivity index is 1.78. The van der Waals surface area contributed by atoms with E-state index >= 15 is 0 Å². The number of fused-ring (bicyclic) bond motifs is 1. The van der Waals surface area contributed by atoms with Crippen LogP contribution in [0.3, 0.4) is 0 Å². The van der Waals surface area contributed by atoms with Crippen LogP contribution in [0.2, 0.25) is 0 Å². The normalized spacial score (nSPS) is 27.4. The van der Waals surface area contributed by atoms with Crippen LogP contribution in [0.25, 0.3) is 0 Å². The average molecular weight is 262 g/mol. The van der Waals surface area contributed by atoms with Crippen molar-refractivity contribution >= 4 is 5.91 Å². The summed E-state index contributed by atoms with van der Waals surface area (Å²) < 4.78 is 13.7. The number of hydrogen-bond acceptors (Lipinski definition) is 2. The lowest BCUT2D eigenvalue weighted by molar-refractivity contribution is 0.0776. The number of halogens is 1. The molecule has 2 aliphatic rings. The van der Waals surface area contributed by atoms with E-state index in [1.165, 1.54) is 18.9 Å². The number of likely N-dealkylation sites (N-methyl/N-ethyl adjacent to an activating group) is 1. The summed E-state index contributed by atoms with van der Waals surface area (Å²) >= 11 is 0. The highest BCUT2D eigenvalue weighted by Crippen LogP contribution is 2.30. The second-order valence-corrected chi connectivity index (χ2v) is 5.64. The van der Waals surface area contributed by atoms with E-state index in [0.29, 0.717) is 12.0 Å². The minimum absolute atomic E-state index is 0.166. The van der Waals surface area contributed by atoms with Gasteiger partial charge in [-0.15, -0.1) is 0 Å². The molecule has 19 heavy (non-hydrogen) atoms. The Kier molecular flexibility index (Phi) is 3.27. The Morgan fingerprint density at radius 1 is 1.32 bits per heavy atom. The molecule has 2 heterocycles. The first-order chi connectivity index (χ1) is 9.16. The van der Waals surface area contributed by atoms with Gasteiger partial charge in [-0.2, -0.15) is 0 Å². The van der Waals surface area contributed by atoms with E-state index in [1.54, 1.807) is 18.2 Å². The zero-order valence-electron chi connectivity index (χ0n) is 11.2. The molecule has 2 atom stereocenters. The molecule has 1 amide bonds. The van der Waals surface area contributed by atoms with Gasteiger partial charge in [-0.05, 0) is 44.5 Å². The van der Waals surface area contributed by atoms with Gasteiger partial charge in [0.1, 0.15) is 5.82 Å². The molecule has 2 saturated heterocycles. The molecule has 102 valence electrons. The van der Waals surface area contributed by atoms with Crippen molar-refractivity contribution in [2.75, 3.05) is 26.7 Å². The SMILES string of the molecule is CN1CCC[C@@H]2CN(C(=O)c3ccccc3F)C[C@@H]21. The summed E-state index contributed by atoms with van der Waals surface area (Å²) in [6.45, 7) is 2.60. The molecule has 4 heteroatoms. The minimum atomic E-state index is -0.421. The quantitative estimate of drug-likeness (QED) is 0.773.